The van der Waals surface area contributed by atoms with Gasteiger partial charge in [0.05, 0.1) is 0 Å². The van der Waals surface area contributed by atoms with Crippen LogP contribution in [-0.4, -0.2) is 42.0 Å². The van der Waals surface area contributed by atoms with Crippen molar-refractivity contribution in [1.82, 2.24) is 9.80 Å². The summed E-state index contributed by atoms with van der Waals surface area (Å²) in [5, 5.41) is 4.48. The van der Waals surface area contributed by atoms with E-state index in [2.05, 4.69) is 26.6 Å². The van der Waals surface area contributed by atoms with Crippen LogP contribution < -0.4 is 0 Å². The topological polar surface area (TPSA) is 6.48 Å². The molecule has 3 heterocycles. The number of nitrogens with zero attached hydrogens (tertiary/aromatic N) is 2. The molecule has 17 heavy (non-hydrogen) atoms. The first-order chi connectivity index (χ1) is 8.42. The molecule has 1 atom stereocenters. The summed E-state index contributed by atoms with van der Waals surface area (Å²) >= 11 is 1.82. The van der Waals surface area contributed by atoms with Crippen molar-refractivity contribution in [2.75, 3.05) is 26.2 Å². The number of hydrogen-bond donors (Lipinski definition) is 0. The lowest BCUT2D eigenvalue weighted by Gasteiger charge is -2.37. The Morgan fingerprint density at radius 1 is 1.18 bits per heavy atom. The molecule has 2 aliphatic rings. The molecule has 2 nitrogen and oxygen atoms in total. The van der Waals surface area contributed by atoms with Gasteiger partial charge < -0.3 is 0 Å². The van der Waals surface area contributed by atoms with Crippen LogP contribution in [0, 0.1) is 0 Å². The average Bonchev–Trinajstić information content (AvgIpc) is 3.01. The predicted octanol–water partition coefficient (Wildman–Crippen LogP) is 2.81. The highest BCUT2D eigenvalue weighted by atomic mass is 32.1. The number of likely N-dealkylation sites (tertiary alicyclic amines) is 2. The molecule has 0 amide bonds. The van der Waals surface area contributed by atoms with Gasteiger partial charge in [-0.2, -0.15) is 11.3 Å². The maximum atomic E-state index is 2.72. The SMILES string of the molecule is c1cc(CN2CCCC(N3CCCC3)C2)cs1. The molecule has 1 aromatic rings. The van der Waals surface area contributed by atoms with Gasteiger partial charge in [-0.25, -0.2) is 0 Å². The monoisotopic (exact) mass is 250 g/mol. The Kier molecular flexibility index (Phi) is 3.79. The maximum Gasteiger partial charge on any atom is 0.0242 e. The van der Waals surface area contributed by atoms with Crippen LogP contribution in [-0.2, 0) is 6.54 Å². The normalized spacial score (nSPS) is 27.6. The van der Waals surface area contributed by atoms with Gasteiger partial charge >= 0.3 is 0 Å². The molecule has 0 spiro atoms. The fourth-order valence-corrected chi connectivity index (χ4v) is 3.88. The fraction of sp³-hybridized carbons (Fsp3) is 0.714. The number of hydrogen-bond acceptors (Lipinski definition) is 3. The van der Waals surface area contributed by atoms with E-state index in [1.54, 1.807) is 0 Å². The molecular formula is C14H22N2S. The second-order valence-electron chi connectivity index (χ2n) is 5.41. The summed E-state index contributed by atoms with van der Waals surface area (Å²) in [4.78, 5) is 5.37. The van der Waals surface area contributed by atoms with Gasteiger partial charge in [-0.3, -0.25) is 9.80 Å². The zero-order chi connectivity index (χ0) is 11.5. The molecule has 0 radical (unpaired) electrons. The van der Waals surface area contributed by atoms with Crippen molar-refractivity contribution >= 4 is 11.3 Å². The van der Waals surface area contributed by atoms with Gasteiger partial charge in [0.25, 0.3) is 0 Å². The average molecular weight is 250 g/mol. The third kappa shape index (κ3) is 2.90. The predicted molar refractivity (Wildman–Crippen MR) is 73.4 cm³/mol. The van der Waals surface area contributed by atoms with Crippen LogP contribution in [0.3, 0.4) is 0 Å². The highest BCUT2D eigenvalue weighted by molar-refractivity contribution is 7.07. The van der Waals surface area contributed by atoms with Crippen molar-refractivity contribution < 1.29 is 0 Å². The Hall–Kier alpha value is -0.380. The third-order valence-electron chi connectivity index (χ3n) is 4.12. The molecule has 1 aromatic heterocycles. The largest absolute Gasteiger partial charge is 0.299 e. The molecule has 0 saturated carbocycles. The Labute approximate surface area is 108 Å². The van der Waals surface area contributed by atoms with Gasteiger partial charge in [0.15, 0.2) is 0 Å². The van der Waals surface area contributed by atoms with Gasteiger partial charge in [-0.15, -0.1) is 0 Å². The minimum atomic E-state index is 0.838. The molecular weight excluding hydrogens is 228 g/mol. The van der Waals surface area contributed by atoms with Crippen LogP contribution in [0.2, 0.25) is 0 Å². The molecule has 0 bridgehead atoms. The first-order valence-corrected chi connectivity index (χ1v) is 7.83. The van der Waals surface area contributed by atoms with E-state index in [9.17, 15) is 0 Å². The standard InChI is InChI=1S/C14H22N2S/c1-2-8-16(7-1)14-4-3-6-15(11-14)10-13-5-9-17-12-13/h5,9,12,14H,1-4,6-8,10-11H2. The molecule has 94 valence electrons. The minimum Gasteiger partial charge on any atom is -0.299 e. The van der Waals surface area contributed by atoms with Crippen LogP contribution in [0.25, 0.3) is 0 Å². The Bertz CT molecular complexity index is 330. The number of rotatable bonds is 3. The van der Waals surface area contributed by atoms with E-state index in [-0.39, 0.29) is 0 Å². The van der Waals surface area contributed by atoms with Crippen LogP contribution in [0.4, 0.5) is 0 Å². The van der Waals surface area contributed by atoms with Crippen LogP contribution in [0.15, 0.2) is 16.8 Å². The highest BCUT2D eigenvalue weighted by Crippen LogP contribution is 2.22. The molecule has 2 saturated heterocycles. The molecule has 1 unspecified atom stereocenters. The van der Waals surface area contributed by atoms with Crippen LogP contribution >= 0.6 is 11.3 Å². The number of thiophene rings is 1. The van der Waals surface area contributed by atoms with E-state index in [0.717, 1.165) is 12.6 Å². The highest BCUT2D eigenvalue weighted by Gasteiger charge is 2.26. The summed E-state index contributed by atoms with van der Waals surface area (Å²) in [6.07, 6.45) is 5.63. The van der Waals surface area contributed by atoms with Crippen molar-refractivity contribution in [3.8, 4) is 0 Å². The summed E-state index contributed by atoms with van der Waals surface area (Å²) in [5.41, 5.74) is 1.50. The van der Waals surface area contributed by atoms with Crippen molar-refractivity contribution in [2.24, 2.45) is 0 Å². The second kappa shape index (κ2) is 5.51. The van der Waals surface area contributed by atoms with Crippen molar-refractivity contribution in [3.63, 3.8) is 0 Å². The molecule has 2 fully saturated rings. The van der Waals surface area contributed by atoms with Crippen LogP contribution in [0.5, 0.6) is 0 Å². The van der Waals surface area contributed by atoms with E-state index in [0.29, 0.717) is 0 Å². The Balaban J connectivity index is 1.55. The van der Waals surface area contributed by atoms with Crippen LogP contribution in [0.1, 0.15) is 31.2 Å². The molecule has 0 aromatic carbocycles. The zero-order valence-corrected chi connectivity index (χ0v) is 11.3. The summed E-state index contributed by atoms with van der Waals surface area (Å²) < 4.78 is 0. The van der Waals surface area contributed by atoms with E-state index < -0.39 is 0 Å². The van der Waals surface area contributed by atoms with Gasteiger partial charge in [0, 0.05) is 19.1 Å². The fourth-order valence-electron chi connectivity index (χ4n) is 3.22. The first-order valence-electron chi connectivity index (χ1n) is 6.89. The summed E-state index contributed by atoms with van der Waals surface area (Å²) in [6, 6.07) is 3.11. The summed E-state index contributed by atoms with van der Waals surface area (Å²) in [6.45, 7) is 6.43. The van der Waals surface area contributed by atoms with Crippen molar-refractivity contribution in [3.05, 3.63) is 22.4 Å². The molecule has 0 N–H and O–H groups in total. The zero-order valence-electron chi connectivity index (χ0n) is 10.5. The lowest BCUT2D eigenvalue weighted by Crippen LogP contribution is -2.46. The van der Waals surface area contributed by atoms with E-state index >= 15 is 0 Å². The van der Waals surface area contributed by atoms with Crippen molar-refractivity contribution in [1.29, 1.82) is 0 Å². The Morgan fingerprint density at radius 3 is 2.82 bits per heavy atom. The van der Waals surface area contributed by atoms with E-state index in [4.69, 9.17) is 0 Å². The summed E-state index contributed by atoms with van der Waals surface area (Å²) in [7, 11) is 0. The molecule has 2 aliphatic heterocycles. The quantitative estimate of drug-likeness (QED) is 0.814. The maximum absolute atomic E-state index is 2.72. The van der Waals surface area contributed by atoms with Gasteiger partial charge in [0.1, 0.15) is 0 Å². The molecule has 3 rings (SSSR count). The minimum absolute atomic E-state index is 0.838. The van der Waals surface area contributed by atoms with Gasteiger partial charge in [0.2, 0.25) is 0 Å². The Morgan fingerprint density at radius 2 is 2.06 bits per heavy atom. The van der Waals surface area contributed by atoms with Crippen molar-refractivity contribution in [2.45, 2.75) is 38.3 Å². The van der Waals surface area contributed by atoms with E-state index in [1.165, 1.54) is 57.4 Å². The third-order valence-corrected chi connectivity index (χ3v) is 4.86. The first kappa shape index (κ1) is 11.7. The smallest absolute Gasteiger partial charge is 0.0242 e. The summed E-state index contributed by atoms with van der Waals surface area (Å²) in [5.74, 6) is 0. The lowest BCUT2D eigenvalue weighted by atomic mass is 10.0. The second-order valence-corrected chi connectivity index (χ2v) is 6.19. The van der Waals surface area contributed by atoms with Gasteiger partial charge in [-0.1, -0.05) is 0 Å². The van der Waals surface area contributed by atoms with E-state index in [1.807, 2.05) is 11.3 Å². The lowest BCUT2D eigenvalue weighted by molar-refractivity contribution is 0.111. The van der Waals surface area contributed by atoms with Gasteiger partial charge in [-0.05, 0) is 67.7 Å². The molecule has 0 aliphatic carbocycles. The molecule has 3 heteroatoms. The number of piperidine rings is 1.